The molecule has 1 aliphatic carbocycles. The van der Waals surface area contributed by atoms with Gasteiger partial charge >= 0.3 is 0 Å². The zero-order valence-corrected chi connectivity index (χ0v) is 17.9. The van der Waals surface area contributed by atoms with Crippen molar-refractivity contribution < 1.29 is 4.74 Å². The van der Waals surface area contributed by atoms with E-state index in [2.05, 4.69) is 49.2 Å². The summed E-state index contributed by atoms with van der Waals surface area (Å²) in [5.74, 6) is 3.90. The Morgan fingerprint density at radius 1 is 1.03 bits per heavy atom. The summed E-state index contributed by atoms with van der Waals surface area (Å²) < 4.78 is 8.53. The van der Waals surface area contributed by atoms with Gasteiger partial charge in [0.2, 0.25) is 0 Å². The lowest BCUT2D eigenvalue weighted by molar-refractivity contribution is 0.197. The van der Waals surface area contributed by atoms with Crippen LogP contribution in [-0.4, -0.2) is 45.4 Å². The molecule has 3 heterocycles. The topological polar surface area (TPSA) is 55.2 Å². The lowest BCUT2D eigenvalue weighted by Crippen LogP contribution is -2.34. The number of rotatable bonds is 5. The van der Waals surface area contributed by atoms with Crippen LogP contribution >= 0.6 is 12.4 Å². The minimum absolute atomic E-state index is 0. The summed E-state index contributed by atoms with van der Waals surface area (Å²) in [5, 5.41) is 12.3. The van der Waals surface area contributed by atoms with Crippen molar-refractivity contribution in [2.45, 2.75) is 70.2 Å². The fourth-order valence-electron chi connectivity index (χ4n) is 4.94. The van der Waals surface area contributed by atoms with Crippen molar-refractivity contribution in [2.24, 2.45) is 0 Å². The first-order valence-electron chi connectivity index (χ1n) is 11.0. The molecule has 3 aliphatic rings. The summed E-state index contributed by atoms with van der Waals surface area (Å²) >= 11 is 0. The van der Waals surface area contributed by atoms with Crippen LogP contribution in [-0.2, 0) is 19.6 Å². The van der Waals surface area contributed by atoms with Gasteiger partial charge < -0.3 is 14.6 Å². The number of hydrogen-bond donors (Lipinski definition) is 1. The number of hydrogen-bond acceptors (Lipinski definition) is 5. The molecular formula is C22H32ClN5O. The summed E-state index contributed by atoms with van der Waals surface area (Å²) in [6, 6.07) is 8.72. The monoisotopic (exact) mass is 417 g/mol. The molecule has 1 saturated carbocycles. The van der Waals surface area contributed by atoms with Crippen LogP contribution in [0.4, 0.5) is 0 Å². The Labute approximate surface area is 179 Å². The number of ether oxygens (including phenoxy) is 1. The molecule has 158 valence electrons. The van der Waals surface area contributed by atoms with Gasteiger partial charge in [-0.3, -0.25) is 4.90 Å². The first-order chi connectivity index (χ1) is 13.8. The molecule has 2 aliphatic heterocycles. The molecule has 6 nitrogen and oxygen atoms in total. The highest BCUT2D eigenvalue weighted by Gasteiger charge is 2.27. The van der Waals surface area contributed by atoms with Crippen molar-refractivity contribution in [3.63, 3.8) is 0 Å². The van der Waals surface area contributed by atoms with Gasteiger partial charge in [-0.15, -0.1) is 22.6 Å². The number of likely N-dealkylation sites (tertiary alicyclic amines) is 1. The van der Waals surface area contributed by atoms with Gasteiger partial charge in [0.05, 0.1) is 12.6 Å². The number of benzene rings is 1. The molecule has 1 saturated heterocycles. The van der Waals surface area contributed by atoms with Gasteiger partial charge in [0, 0.05) is 25.6 Å². The standard InChI is InChI=1S/C22H31N5O.ClH/c1-2-6-19(5-1)28-20-7-3-4-17(14-20)16-26-11-8-18(9-12-26)22-25-24-21-15-23-10-13-27(21)22;/h3-4,7,14,18-19,23H,1-2,5-6,8-13,15-16H2;1H. The first-order valence-corrected chi connectivity index (χ1v) is 11.0. The third-order valence-electron chi connectivity index (χ3n) is 6.51. The van der Waals surface area contributed by atoms with Crippen LogP contribution in [0, 0.1) is 0 Å². The highest BCUT2D eigenvalue weighted by Crippen LogP contribution is 2.29. The summed E-state index contributed by atoms with van der Waals surface area (Å²) in [7, 11) is 0. The van der Waals surface area contributed by atoms with Gasteiger partial charge in [0.15, 0.2) is 0 Å². The zero-order valence-electron chi connectivity index (χ0n) is 17.1. The fourth-order valence-corrected chi connectivity index (χ4v) is 4.94. The fraction of sp³-hybridized carbons (Fsp3) is 0.636. The molecule has 7 heteroatoms. The number of aromatic nitrogens is 3. The second kappa shape index (κ2) is 9.45. The molecule has 0 radical (unpaired) electrons. The highest BCUT2D eigenvalue weighted by atomic mass is 35.5. The summed E-state index contributed by atoms with van der Waals surface area (Å²) in [6.45, 7) is 6.14. The Kier molecular flexibility index (Phi) is 6.73. The van der Waals surface area contributed by atoms with Gasteiger partial charge in [-0.05, 0) is 69.3 Å². The number of nitrogens with one attached hydrogen (secondary N) is 1. The molecule has 2 fully saturated rings. The molecule has 5 rings (SSSR count). The van der Waals surface area contributed by atoms with Crippen molar-refractivity contribution in [1.82, 2.24) is 25.0 Å². The van der Waals surface area contributed by atoms with Crippen molar-refractivity contribution in [2.75, 3.05) is 19.6 Å². The average molecular weight is 418 g/mol. The maximum absolute atomic E-state index is 6.18. The predicted octanol–water partition coefficient (Wildman–Crippen LogP) is 3.50. The molecule has 1 aromatic carbocycles. The molecule has 2 aromatic rings. The summed E-state index contributed by atoms with van der Waals surface area (Å²) in [6.07, 6.45) is 7.81. The average Bonchev–Trinajstić information content (AvgIpc) is 3.39. The number of fused-ring (bicyclic) bond motifs is 1. The number of piperidine rings is 1. The molecule has 0 spiro atoms. The van der Waals surface area contributed by atoms with E-state index in [4.69, 9.17) is 4.74 Å². The van der Waals surface area contributed by atoms with E-state index in [-0.39, 0.29) is 12.4 Å². The van der Waals surface area contributed by atoms with Crippen LogP contribution in [0.3, 0.4) is 0 Å². The van der Waals surface area contributed by atoms with Gasteiger partial charge in [-0.1, -0.05) is 12.1 Å². The molecule has 29 heavy (non-hydrogen) atoms. The lowest BCUT2D eigenvalue weighted by atomic mass is 9.95. The van der Waals surface area contributed by atoms with E-state index >= 15 is 0 Å². The van der Waals surface area contributed by atoms with E-state index in [0.717, 1.165) is 50.8 Å². The van der Waals surface area contributed by atoms with E-state index in [9.17, 15) is 0 Å². The smallest absolute Gasteiger partial charge is 0.147 e. The maximum atomic E-state index is 6.18. The van der Waals surface area contributed by atoms with E-state index in [0.29, 0.717) is 12.0 Å². The molecule has 1 N–H and O–H groups in total. The minimum Gasteiger partial charge on any atom is -0.490 e. The van der Waals surface area contributed by atoms with Crippen LogP contribution < -0.4 is 10.1 Å². The van der Waals surface area contributed by atoms with Crippen LogP contribution in [0.25, 0.3) is 0 Å². The van der Waals surface area contributed by atoms with Crippen LogP contribution in [0.15, 0.2) is 24.3 Å². The van der Waals surface area contributed by atoms with Crippen LogP contribution in [0.5, 0.6) is 5.75 Å². The maximum Gasteiger partial charge on any atom is 0.147 e. The second-order valence-corrected chi connectivity index (χ2v) is 8.52. The normalized spacial score (nSPS) is 21.0. The summed E-state index contributed by atoms with van der Waals surface area (Å²) in [5.41, 5.74) is 1.36. The SMILES string of the molecule is Cl.c1cc(CN2CCC(c3nnc4n3CCNC4)CC2)cc(OC2CCCC2)c1. The van der Waals surface area contributed by atoms with E-state index < -0.39 is 0 Å². The van der Waals surface area contributed by atoms with E-state index in [1.54, 1.807) is 0 Å². The lowest BCUT2D eigenvalue weighted by Gasteiger charge is -2.32. The van der Waals surface area contributed by atoms with Crippen molar-refractivity contribution >= 4 is 12.4 Å². The number of nitrogens with zero attached hydrogens (tertiary/aromatic N) is 4. The minimum atomic E-state index is 0. The second-order valence-electron chi connectivity index (χ2n) is 8.52. The Hall–Kier alpha value is -1.63. The Balaban J connectivity index is 0.00000205. The van der Waals surface area contributed by atoms with Gasteiger partial charge in [0.25, 0.3) is 0 Å². The van der Waals surface area contributed by atoms with Crippen molar-refractivity contribution in [1.29, 1.82) is 0 Å². The Morgan fingerprint density at radius 2 is 1.86 bits per heavy atom. The number of halogens is 1. The van der Waals surface area contributed by atoms with Crippen molar-refractivity contribution in [3.05, 3.63) is 41.5 Å². The molecule has 0 atom stereocenters. The predicted molar refractivity (Wildman–Crippen MR) is 116 cm³/mol. The molecule has 1 aromatic heterocycles. The highest BCUT2D eigenvalue weighted by molar-refractivity contribution is 5.85. The van der Waals surface area contributed by atoms with Crippen LogP contribution in [0.2, 0.25) is 0 Å². The third kappa shape index (κ3) is 4.76. The first kappa shape index (κ1) is 20.6. The van der Waals surface area contributed by atoms with Gasteiger partial charge in [0.1, 0.15) is 17.4 Å². The van der Waals surface area contributed by atoms with Gasteiger partial charge in [-0.25, -0.2) is 0 Å². The zero-order chi connectivity index (χ0) is 18.8. The Bertz CT molecular complexity index is 796. The third-order valence-corrected chi connectivity index (χ3v) is 6.51. The molecule has 0 bridgehead atoms. The van der Waals surface area contributed by atoms with Crippen LogP contribution in [0.1, 0.15) is 61.7 Å². The van der Waals surface area contributed by atoms with E-state index in [1.807, 2.05) is 0 Å². The van der Waals surface area contributed by atoms with Gasteiger partial charge in [-0.2, -0.15) is 0 Å². The molecule has 0 unspecified atom stereocenters. The largest absolute Gasteiger partial charge is 0.490 e. The molecular weight excluding hydrogens is 386 g/mol. The van der Waals surface area contributed by atoms with Crippen molar-refractivity contribution in [3.8, 4) is 5.75 Å². The quantitative estimate of drug-likeness (QED) is 0.806. The molecule has 0 amide bonds. The Morgan fingerprint density at radius 3 is 2.69 bits per heavy atom. The summed E-state index contributed by atoms with van der Waals surface area (Å²) in [4.78, 5) is 2.57. The van der Waals surface area contributed by atoms with E-state index in [1.165, 1.54) is 49.9 Å².